The van der Waals surface area contributed by atoms with Gasteiger partial charge in [-0.2, -0.15) is 0 Å². The summed E-state index contributed by atoms with van der Waals surface area (Å²) < 4.78 is 11.6. The lowest BCUT2D eigenvalue weighted by Crippen LogP contribution is -1.99. The van der Waals surface area contributed by atoms with Crippen LogP contribution in [0.2, 0.25) is 0 Å². The molecule has 0 atom stereocenters. The first kappa shape index (κ1) is 18.2. The second-order valence-electron chi connectivity index (χ2n) is 5.80. The molecule has 3 rings (SSSR count). The Balaban J connectivity index is 2.12. The van der Waals surface area contributed by atoms with Crippen LogP contribution in [0.15, 0.2) is 83.8 Å². The highest BCUT2D eigenvalue weighted by Crippen LogP contribution is 2.34. The third-order valence-corrected chi connectivity index (χ3v) is 4.96. The average Bonchev–Trinajstić information content (AvgIpc) is 2.72. The van der Waals surface area contributed by atoms with Crippen molar-refractivity contribution >= 4 is 23.1 Å². The molecule has 0 aliphatic rings. The van der Waals surface area contributed by atoms with Gasteiger partial charge in [-0.05, 0) is 61.2 Å². The molecule has 0 fully saturated rings. The Kier molecular flexibility index (Phi) is 6.03. The summed E-state index contributed by atoms with van der Waals surface area (Å²) in [5, 5.41) is 0. The number of hydrogen-bond donors (Lipinski definition) is 0. The van der Waals surface area contributed by atoms with E-state index < -0.39 is 0 Å². The van der Waals surface area contributed by atoms with E-state index in [9.17, 15) is 0 Å². The zero-order valence-corrected chi connectivity index (χ0v) is 16.0. The molecule has 0 saturated carbocycles. The Bertz CT molecular complexity index is 884. The van der Waals surface area contributed by atoms with Crippen LogP contribution >= 0.6 is 11.8 Å². The number of allylic oxidation sites excluding steroid dienone is 1. The van der Waals surface area contributed by atoms with Gasteiger partial charge in [0.05, 0.1) is 7.11 Å². The normalized spacial score (nSPS) is 11.7. The minimum absolute atomic E-state index is 0.819. The zero-order valence-electron chi connectivity index (χ0n) is 15.2. The summed E-state index contributed by atoms with van der Waals surface area (Å²) in [6.07, 6.45) is 2.09. The van der Waals surface area contributed by atoms with Crippen LogP contribution in [0.5, 0.6) is 11.5 Å². The molecule has 0 saturated heterocycles. The molecule has 0 N–H and O–H groups in total. The van der Waals surface area contributed by atoms with E-state index in [4.69, 9.17) is 9.47 Å². The highest BCUT2D eigenvalue weighted by Gasteiger charge is 2.13. The number of rotatable bonds is 6. The van der Waals surface area contributed by atoms with Crippen LogP contribution in [0, 0.1) is 0 Å². The highest BCUT2D eigenvalue weighted by molar-refractivity contribution is 7.98. The lowest BCUT2D eigenvalue weighted by molar-refractivity contribution is 0.414. The number of thioether (sulfide) groups is 1. The van der Waals surface area contributed by atoms with Gasteiger partial charge in [0.15, 0.2) is 0 Å². The Morgan fingerprint density at radius 1 is 0.769 bits per heavy atom. The molecule has 0 heterocycles. The lowest BCUT2D eigenvalue weighted by Gasteiger charge is -2.16. The minimum atomic E-state index is 0.819. The standard InChI is InChI=1S/C23H22O2S/c1-17(21-11-7-8-12-22(21)26-3)23(25-20-9-5-4-6-10-20)18-13-15-19(24-2)16-14-18/h4-16H,1-3H3/b23-17-. The van der Waals surface area contributed by atoms with Gasteiger partial charge in [-0.25, -0.2) is 0 Å². The van der Waals surface area contributed by atoms with Crippen LogP contribution in [0.3, 0.4) is 0 Å². The van der Waals surface area contributed by atoms with Gasteiger partial charge < -0.3 is 9.47 Å². The minimum Gasteiger partial charge on any atom is -0.497 e. The lowest BCUT2D eigenvalue weighted by atomic mass is 10.0. The van der Waals surface area contributed by atoms with Crippen molar-refractivity contribution in [2.75, 3.05) is 13.4 Å². The Morgan fingerprint density at radius 2 is 1.42 bits per heavy atom. The summed E-state index contributed by atoms with van der Waals surface area (Å²) in [6.45, 7) is 2.11. The summed E-state index contributed by atoms with van der Waals surface area (Å²) in [5.74, 6) is 2.50. The van der Waals surface area contributed by atoms with Gasteiger partial charge in [-0.3, -0.25) is 0 Å². The van der Waals surface area contributed by atoms with Crippen molar-refractivity contribution in [3.8, 4) is 11.5 Å². The zero-order chi connectivity index (χ0) is 18.4. The Hall–Kier alpha value is -2.65. The first-order valence-corrected chi connectivity index (χ1v) is 9.67. The van der Waals surface area contributed by atoms with E-state index in [2.05, 4.69) is 37.4 Å². The predicted molar refractivity (Wildman–Crippen MR) is 111 cm³/mol. The molecule has 0 amide bonds. The highest BCUT2D eigenvalue weighted by atomic mass is 32.2. The maximum Gasteiger partial charge on any atom is 0.138 e. The van der Waals surface area contributed by atoms with E-state index in [1.807, 2.05) is 54.6 Å². The molecule has 0 aromatic heterocycles. The van der Waals surface area contributed by atoms with Crippen molar-refractivity contribution in [2.45, 2.75) is 11.8 Å². The van der Waals surface area contributed by atoms with Gasteiger partial charge in [0.25, 0.3) is 0 Å². The third kappa shape index (κ3) is 4.12. The molecule has 3 aromatic rings. The van der Waals surface area contributed by atoms with Crippen LogP contribution in [0.25, 0.3) is 11.3 Å². The van der Waals surface area contributed by atoms with Crippen LogP contribution in [0.1, 0.15) is 18.1 Å². The summed E-state index contributed by atoms with van der Waals surface area (Å²) in [5.41, 5.74) is 3.30. The Morgan fingerprint density at radius 3 is 2.08 bits per heavy atom. The third-order valence-electron chi connectivity index (χ3n) is 4.17. The second kappa shape index (κ2) is 8.63. The maximum atomic E-state index is 6.32. The number of benzene rings is 3. The molecule has 132 valence electrons. The molecular formula is C23H22O2S. The van der Waals surface area contributed by atoms with Gasteiger partial charge >= 0.3 is 0 Å². The monoisotopic (exact) mass is 362 g/mol. The van der Waals surface area contributed by atoms with Crippen LogP contribution in [0.4, 0.5) is 0 Å². The molecule has 0 aliphatic heterocycles. The molecule has 26 heavy (non-hydrogen) atoms. The van der Waals surface area contributed by atoms with E-state index in [0.29, 0.717) is 0 Å². The van der Waals surface area contributed by atoms with Crippen molar-refractivity contribution in [3.63, 3.8) is 0 Å². The predicted octanol–water partition coefficient (Wildman–Crippen LogP) is 6.38. The molecule has 0 unspecified atom stereocenters. The maximum absolute atomic E-state index is 6.32. The number of methoxy groups -OCH3 is 1. The van der Waals surface area contributed by atoms with Crippen molar-refractivity contribution in [1.29, 1.82) is 0 Å². The van der Waals surface area contributed by atoms with E-state index in [1.54, 1.807) is 18.9 Å². The topological polar surface area (TPSA) is 18.5 Å². The van der Waals surface area contributed by atoms with Crippen LogP contribution in [-0.4, -0.2) is 13.4 Å². The molecule has 3 aromatic carbocycles. The summed E-state index contributed by atoms with van der Waals surface area (Å²) in [6, 6.07) is 26.3. The SMILES string of the molecule is COc1ccc(/C(Oc2ccccc2)=C(\C)c2ccccc2SC)cc1. The van der Waals surface area contributed by atoms with Crippen molar-refractivity contribution in [1.82, 2.24) is 0 Å². The van der Waals surface area contributed by atoms with E-state index >= 15 is 0 Å². The molecule has 3 heteroatoms. The van der Waals surface area contributed by atoms with Gasteiger partial charge in [-0.1, -0.05) is 36.4 Å². The number of hydrogen-bond acceptors (Lipinski definition) is 3. The molecule has 0 spiro atoms. The second-order valence-corrected chi connectivity index (χ2v) is 6.65. The fourth-order valence-corrected chi connectivity index (χ4v) is 3.43. The quantitative estimate of drug-likeness (QED) is 0.288. The molecule has 2 nitrogen and oxygen atoms in total. The van der Waals surface area contributed by atoms with E-state index in [-0.39, 0.29) is 0 Å². The van der Waals surface area contributed by atoms with E-state index in [0.717, 1.165) is 28.4 Å². The molecular weight excluding hydrogens is 340 g/mol. The van der Waals surface area contributed by atoms with Crippen molar-refractivity contribution < 1.29 is 9.47 Å². The summed E-state index contributed by atoms with van der Waals surface area (Å²) in [4.78, 5) is 1.23. The van der Waals surface area contributed by atoms with Gasteiger partial charge in [0, 0.05) is 16.0 Å². The van der Waals surface area contributed by atoms with Crippen LogP contribution in [-0.2, 0) is 0 Å². The molecule has 0 radical (unpaired) electrons. The van der Waals surface area contributed by atoms with Gasteiger partial charge in [0.2, 0.25) is 0 Å². The Labute approximate surface area is 159 Å². The number of para-hydroxylation sites is 1. The largest absolute Gasteiger partial charge is 0.497 e. The molecule has 0 aliphatic carbocycles. The first-order chi connectivity index (χ1) is 12.7. The summed E-state index contributed by atoms with van der Waals surface area (Å²) >= 11 is 1.74. The summed E-state index contributed by atoms with van der Waals surface area (Å²) in [7, 11) is 1.67. The fraction of sp³-hybridized carbons (Fsp3) is 0.130. The molecule has 0 bridgehead atoms. The van der Waals surface area contributed by atoms with Crippen molar-refractivity contribution in [2.24, 2.45) is 0 Å². The fourth-order valence-electron chi connectivity index (χ4n) is 2.78. The van der Waals surface area contributed by atoms with E-state index in [1.165, 1.54) is 10.5 Å². The van der Waals surface area contributed by atoms with Gasteiger partial charge in [0.1, 0.15) is 17.3 Å². The van der Waals surface area contributed by atoms with Crippen LogP contribution < -0.4 is 9.47 Å². The van der Waals surface area contributed by atoms with Gasteiger partial charge in [-0.15, -0.1) is 11.8 Å². The smallest absolute Gasteiger partial charge is 0.138 e. The average molecular weight is 362 g/mol. The van der Waals surface area contributed by atoms with Crippen molar-refractivity contribution in [3.05, 3.63) is 90.0 Å². The first-order valence-electron chi connectivity index (χ1n) is 8.44. The number of ether oxygens (including phenoxy) is 2.